The number of anilines is 1. The Morgan fingerprint density at radius 2 is 1.26 bits per heavy atom. The zero-order valence-corrected chi connectivity index (χ0v) is 63.5. The average Bonchev–Trinajstić information content (AvgIpc) is 1.49. The number of halogens is 1. The number of carbonyl (C=O) groups excluding carboxylic acids is 10. The van der Waals surface area contributed by atoms with E-state index in [2.05, 4.69) is 73.6 Å². The Morgan fingerprint density at radius 3 is 1.84 bits per heavy atom. The highest BCUT2D eigenvalue weighted by Gasteiger charge is 2.38. The molecule has 1 fully saturated rings. The van der Waals surface area contributed by atoms with E-state index >= 15 is 0 Å². The van der Waals surface area contributed by atoms with Gasteiger partial charge in [0.15, 0.2) is 22.5 Å². The molecule has 1 aliphatic rings. The molecule has 0 saturated carbocycles. The maximum atomic E-state index is 14.7. The van der Waals surface area contributed by atoms with Gasteiger partial charge in [-0.25, -0.2) is 0 Å². The van der Waals surface area contributed by atoms with Crippen LogP contribution >= 0.6 is 11.6 Å². The molecule has 35 nitrogen and oxygen atoms in total. The lowest BCUT2D eigenvalue weighted by Crippen LogP contribution is -2.61. The van der Waals surface area contributed by atoms with Crippen LogP contribution < -0.4 is 95.6 Å². The number of methoxy groups -OCH3 is 2. The van der Waals surface area contributed by atoms with Crippen LogP contribution in [-0.2, 0) is 66.1 Å². The van der Waals surface area contributed by atoms with Crippen LogP contribution in [0, 0.1) is 12.8 Å². The summed E-state index contributed by atoms with van der Waals surface area (Å²) in [5, 5.41) is 55.2. The number of carbonyl (C=O) groups is 10. The number of aliphatic imine (C=N–C) groups is 1. The van der Waals surface area contributed by atoms with E-state index in [1.165, 1.54) is 58.4 Å². The Morgan fingerprint density at radius 1 is 0.673 bits per heavy atom. The molecule has 4 aromatic carbocycles. The van der Waals surface area contributed by atoms with Gasteiger partial charge in [-0.3, -0.25) is 57.1 Å². The van der Waals surface area contributed by atoms with E-state index < -0.39 is 149 Å². The number of aryl methyl sites for hydroxylation is 1. The van der Waals surface area contributed by atoms with E-state index in [-0.39, 0.29) is 97.9 Å². The van der Waals surface area contributed by atoms with Gasteiger partial charge in [0.05, 0.1) is 59.2 Å². The maximum Gasteiger partial charge on any atom is 0.252 e. The number of benzene rings is 4. The number of nitrogens with two attached hydrogens (primary N) is 4. The molecule has 7 rings (SSSR count). The van der Waals surface area contributed by atoms with Crippen molar-refractivity contribution in [1.29, 1.82) is 0 Å². The number of hydrogen-bond acceptors (Lipinski definition) is 24. The predicted molar refractivity (Wildman–Crippen MR) is 409 cm³/mol. The van der Waals surface area contributed by atoms with Crippen LogP contribution in [0.3, 0.4) is 0 Å². The molecule has 12 atom stereocenters. The highest BCUT2D eigenvalue weighted by atomic mass is 35.5. The molecule has 594 valence electrons. The van der Waals surface area contributed by atoms with E-state index in [9.17, 15) is 62.4 Å². The molecular weight excluding hydrogens is 1470 g/mol. The fourth-order valence-corrected chi connectivity index (χ4v) is 12.7. The molecule has 1 saturated heterocycles. The number of nitrogens with zero attached hydrogens (tertiary/aromatic N) is 3. The fourth-order valence-electron chi connectivity index (χ4n) is 11.5. The molecule has 10 amide bonds. The van der Waals surface area contributed by atoms with Crippen molar-refractivity contribution in [3.63, 3.8) is 0 Å². The lowest BCUT2D eigenvalue weighted by molar-refractivity contribution is -0.136. The monoisotopic (exact) mass is 1560 g/mol. The molecular formula is C73H97ClN18O17S. The van der Waals surface area contributed by atoms with E-state index in [4.69, 9.17) is 53.3 Å². The topological polar surface area (TPSA) is 544 Å². The van der Waals surface area contributed by atoms with Gasteiger partial charge in [0.2, 0.25) is 53.2 Å². The largest absolute Gasteiger partial charge is 0.493 e. The van der Waals surface area contributed by atoms with E-state index in [0.717, 1.165) is 0 Å². The summed E-state index contributed by atoms with van der Waals surface area (Å²) < 4.78 is 36.7. The first-order valence-electron chi connectivity index (χ1n) is 35.5. The van der Waals surface area contributed by atoms with Crippen LogP contribution in [-0.4, -0.2) is 202 Å². The summed E-state index contributed by atoms with van der Waals surface area (Å²) in [7, 11) is 1.06. The third-order valence-electron chi connectivity index (χ3n) is 17.3. The number of amides is 10. The standard InChI is InChI=1S/C73H97ClN18O17S/c1-38(2)31-55-69(101)83-49(19-25-75)64(96)82-52(22-28-78)68(100)91-61(40(4)93)71(103)80-29-23-53(67(99)81-50(20-26-76)66(98)87-56(70(102)86-55)33-42-11-9-8-10-12-42)84-65(97)51(21-27-77)85-72(104)62(41(5)94)90-63(95)44-15-13-43(14-16-44)37-110(105)73(89-60-32-39(3)109-92-60)88-48-18-17-45(34-47(48)74)108-57-24-30-79-54-36-59(107-7)58(106-6)35-46(54)57/h8-18,24,30,32,34-36,38,40-41,49-53,55-56,61-62,93-94H,19-23,25-29,31,33,37,75-78H2,1-7H3,(H,80,103)(H,81,99)(H,82,96)(H,83,101)(H,84,97)(H,85,104)(H,86,102)(H,87,98)(H,90,95)(H,91,100)(H,88,89,92)/t40-,41-,49?,50+,51+,52+,53+,55+,56-,61+,62+,110?/m1/s1. The number of rotatable bonds is 28. The maximum absolute atomic E-state index is 14.7. The number of aliphatic hydroxyl groups excluding tert-OH is 2. The van der Waals surface area contributed by atoms with Gasteiger partial charge in [-0.1, -0.05) is 73.1 Å². The van der Waals surface area contributed by atoms with Crippen molar-refractivity contribution in [2.75, 3.05) is 52.3 Å². The van der Waals surface area contributed by atoms with Gasteiger partial charge in [0, 0.05) is 48.3 Å². The quantitative estimate of drug-likeness (QED) is 0.0227. The Hall–Kier alpha value is -10.7. The first-order chi connectivity index (χ1) is 52.6. The van der Waals surface area contributed by atoms with Crippen molar-refractivity contribution in [1.82, 2.24) is 63.3 Å². The smallest absolute Gasteiger partial charge is 0.252 e. The summed E-state index contributed by atoms with van der Waals surface area (Å²) in [4.78, 5) is 152. The minimum Gasteiger partial charge on any atom is -0.493 e. The molecule has 6 aromatic rings. The zero-order valence-electron chi connectivity index (χ0n) is 61.9. The molecule has 1 aliphatic heterocycles. The van der Waals surface area contributed by atoms with Crippen LogP contribution in [0.4, 0.5) is 11.5 Å². The summed E-state index contributed by atoms with van der Waals surface area (Å²) >= 11 is 6.82. The number of aliphatic hydroxyl groups is 2. The Labute approximate surface area is 642 Å². The van der Waals surface area contributed by atoms with Gasteiger partial charge in [0.1, 0.15) is 71.6 Å². The van der Waals surface area contributed by atoms with E-state index in [0.29, 0.717) is 56.5 Å². The Balaban J connectivity index is 1.09. The summed E-state index contributed by atoms with van der Waals surface area (Å²) in [5.74, 6) is -7.68. The molecule has 0 bridgehead atoms. The number of ether oxygens (including phenoxy) is 3. The van der Waals surface area contributed by atoms with Gasteiger partial charge >= 0.3 is 0 Å². The summed E-state index contributed by atoms with van der Waals surface area (Å²) in [6.07, 6.45) is -3.14. The molecule has 3 heterocycles. The second kappa shape index (κ2) is 42.3. The SMILES string of the molecule is COc1cc2nccc(Oc3ccc(NC(=Nc4cc(C)on4)S(=O)Cc4ccc(C(=O)N[C@H](C(=O)N[C@@H](CCN)C(=O)N[C@H]5CCNC(=O)[C@H]([C@@H](C)O)NC(=O)[C@H](CCN)NC(=O)C(CCN)NC(=O)[C@H](CC(C)C)NC(=O)[C@@H](Cc6ccccc6)NC(=O)[C@H](CCN)NC5=O)[C@@H](C)O)cc4)c(Cl)c3)c2cc1OC. The van der Waals surface area contributed by atoms with Crippen molar-refractivity contribution in [2.45, 2.75) is 152 Å². The second-order valence-corrected chi connectivity index (χ2v) is 28.1. The van der Waals surface area contributed by atoms with Crippen molar-refractivity contribution >= 4 is 109 Å². The van der Waals surface area contributed by atoms with Crippen LogP contribution in [0.5, 0.6) is 23.0 Å². The van der Waals surface area contributed by atoms with Crippen LogP contribution in [0.1, 0.15) is 93.5 Å². The third kappa shape index (κ3) is 25.2. The lowest BCUT2D eigenvalue weighted by atomic mass is 10.00. The zero-order chi connectivity index (χ0) is 80.3. The normalized spacial score (nSPS) is 20.2. The predicted octanol–water partition coefficient (Wildman–Crippen LogP) is -0.0151. The minimum absolute atomic E-state index is 0.0208. The Kier molecular flexibility index (Phi) is 33.3. The number of aromatic nitrogens is 2. The highest BCUT2D eigenvalue weighted by molar-refractivity contribution is 8.00. The first kappa shape index (κ1) is 86.5. The molecule has 0 spiro atoms. The minimum atomic E-state index is -1.96. The molecule has 0 radical (unpaired) electrons. The van der Waals surface area contributed by atoms with E-state index in [1.807, 2.05) is 0 Å². The lowest BCUT2D eigenvalue weighted by Gasteiger charge is -2.28. The van der Waals surface area contributed by atoms with Crippen LogP contribution in [0.2, 0.25) is 5.02 Å². The molecule has 2 aromatic heterocycles. The summed E-state index contributed by atoms with van der Waals surface area (Å²) in [5.41, 5.74) is 25.6. The second-order valence-electron chi connectivity index (χ2n) is 26.4. The van der Waals surface area contributed by atoms with Gasteiger partial charge < -0.3 is 110 Å². The molecule has 0 aliphatic carbocycles. The van der Waals surface area contributed by atoms with Gasteiger partial charge in [-0.15, -0.1) is 0 Å². The van der Waals surface area contributed by atoms with Crippen molar-refractivity contribution in [3.8, 4) is 23.0 Å². The Bertz CT molecular complexity index is 4250. The number of fused-ring (bicyclic) bond motifs is 1. The van der Waals surface area contributed by atoms with Gasteiger partial charge in [-0.05, 0) is 139 Å². The number of nitrogens with one attached hydrogen (secondary N) is 11. The summed E-state index contributed by atoms with van der Waals surface area (Å²) in [6.45, 7) is 6.34. The molecule has 2 unspecified atom stereocenters. The van der Waals surface area contributed by atoms with E-state index in [1.54, 1.807) is 93.7 Å². The molecule has 110 heavy (non-hydrogen) atoms. The molecule has 37 heteroatoms. The fraction of sp³-hybridized carbons (Fsp3) is 0.438. The number of hydrogen-bond donors (Lipinski definition) is 17. The average molecular weight is 1570 g/mol. The van der Waals surface area contributed by atoms with Gasteiger partial charge in [-0.2, -0.15) is 4.99 Å². The third-order valence-corrected chi connectivity index (χ3v) is 18.8. The number of pyridine rings is 1. The van der Waals surface area contributed by atoms with Crippen molar-refractivity contribution < 1.29 is 81.1 Å². The van der Waals surface area contributed by atoms with Crippen molar-refractivity contribution in [2.24, 2.45) is 33.8 Å². The van der Waals surface area contributed by atoms with Crippen molar-refractivity contribution in [3.05, 3.63) is 131 Å². The molecule has 21 N–H and O–H groups in total. The van der Waals surface area contributed by atoms with Crippen LogP contribution in [0.25, 0.3) is 10.9 Å². The first-order valence-corrected chi connectivity index (χ1v) is 37.2. The number of amidine groups is 1. The van der Waals surface area contributed by atoms with Crippen LogP contribution in [0.15, 0.2) is 113 Å². The van der Waals surface area contributed by atoms with Gasteiger partial charge in [0.25, 0.3) is 5.91 Å². The highest BCUT2D eigenvalue weighted by Crippen LogP contribution is 2.38. The summed E-state index contributed by atoms with van der Waals surface area (Å²) in [6, 6.07) is 11.8.